The van der Waals surface area contributed by atoms with E-state index >= 15 is 0 Å². The van der Waals surface area contributed by atoms with Crippen molar-refractivity contribution in [1.82, 2.24) is 0 Å². The second-order valence-corrected chi connectivity index (χ2v) is 2.90. The Labute approximate surface area is 85.8 Å². The summed E-state index contributed by atoms with van der Waals surface area (Å²) in [5.74, 6) is -1.01. The molecule has 0 fully saturated rings. The van der Waals surface area contributed by atoms with Gasteiger partial charge in [0.2, 0.25) is 0 Å². The molecule has 0 saturated heterocycles. The number of hydrogen-bond acceptors (Lipinski definition) is 3. The number of halogens is 2. The molecule has 0 radical (unpaired) electrons. The Balaban J connectivity index is 2.71. The topological polar surface area (TPSA) is 52.3 Å². The summed E-state index contributed by atoms with van der Waals surface area (Å²) < 4.78 is 30.5. The van der Waals surface area contributed by atoms with Gasteiger partial charge in [0.1, 0.15) is 0 Å². The average molecular weight is 215 g/mol. The van der Waals surface area contributed by atoms with Crippen LogP contribution in [0, 0.1) is 0 Å². The number of carbonyl (C=O) groups excluding carboxylic acids is 1. The van der Waals surface area contributed by atoms with Gasteiger partial charge < -0.3 is 10.5 Å². The van der Waals surface area contributed by atoms with Gasteiger partial charge in [-0.25, -0.2) is 0 Å². The molecule has 1 aromatic carbocycles. The fourth-order valence-corrected chi connectivity index (χ4v) is 1.00. The SMILES string of the molecule is NCCC(=O)OC(F)(F)c1ccccc1. The molecule has 0 saturated carbocycles. The average Bonchev–Trinajstić information content (AvgIpc) is 2.18. The monoisotopic (exact) mass is 215 g/mol. The molecule has 0 aliphatic carbocycles. The summed E-state index contributed by atoms with van der Waals surface area (Å²) in [4.78, 5) is 10.8. The Morgan fingerprint density at radius 3 is 2.47 bits per heavy atom. The van der Waals surface area contributed by atoms with Crippen molar-refractivity contribution < 1.29 is 18.3 Å². The summed E-state index contributed by atoms with van der Waals surface area (Å²) in [7, 11) is 0. The minimum Gasteiger partial charge on any atom is -0.397 e. The zero-order valence-electron chi connectivity index (χ0n) is 7.95. The second-order valence-electron chi connectivity index (χ2n) is 2.90. The molecular formula is C10H11F2NO2. The van der Waals surface area contributed by atoms with Crippen molar-refractivity contribution >= 4 is 5.97 Å². The molecule has 1 aromatic rings. The molecule has 0 spiro atoms. The number of nitrogens with two attached hydrogens (primary N) is 1. The highest BCUT2D eigenvalue weighted by molar-refractivity contribution is 5.70. The molecule has 2 N–H and O–H groups in total. The van der Waals surface area contributed by atoms with E-state index in [1.54, 1.807) is 6.07 Å². The molecule has 15 heavy (non-hydrogen) atoms. The first-order valence-electron chi connectivity index (χ1n) is 4.41. The highest BCUT2D eigenvalue weighted by Gasteiger charge is 2.35. The Hall–Kier alpha value is -1.49. The summed E-state index contributed by atoms with van der Waals surface area (Å²) in [6.45, 7) is -0.0102. The third-order valence-corrected chi connectivity index (χ3v) is 1.70. The highest BCUT2D eigenvalue weighted by atomic mass is 19.3. The van der Waals surface area contributed by atoms with E-state index in [1.807, 2.05) is 0 Å². The minimum absolute atomic E-state index is 0.0102. The molecule has 82 valence electrons. The van der Waals surface area contributed by atoms with E-state index < -0.39 is 12.1 Å². The van der Waals surface area contributed by atoms with E-state index in [-0.39, 0.29) is 18.5 Å². The summed E-state index contributed by atoms with van der Waals surface area (Å²) in [5, 5.41) is 0. The molecule has 0 bridgehead atoms. The van der Waals surface area contributed by atoms with Gasteiger partial charge >= 0.3 is 12.1 Å². The van der Waals surface area contributed by atoms with E-state index in [4.69, 9.17) is 5.73 Å². The van der Waals surface area contributed by atoms with Crippen LogP contribution in [-0.2, 0) is 15.6 Å². The van der Waals surface area contributed by atoms with Crippen molar-refractivity contribution in [2.24, 2.45) is 5.73 Å². The fourth-order valence-electron chi connectivity index (χ4n) is 1.00. The molecule has 0 atom stereocenters. The minimum atomic E-state index is -3.59. The summed E-state index contributed by atoms with van der Waals surface area (Å²) >= 11 is 0. The lowest BCUT2D eigenvalue weighted by atomic mass is 10.2. The number of rotatable bonds is 4. The van der Waals surface area contributed by atoms with Crippen LogP contribution in [0.2, 0.25) is 0 Å². The molecule has 5 heteroatoms. The van der Waals surface area contributed by atoms with Crippen molar-refractivity contribution in [3.05, 3.63) is 35.9 Å². The molecule has 0 unspecified atom stereocenters. The molecular weight excluding hydrogens is 204 g/mol. The largest absolute Gasteiger partial charge is 0.428 e. The van der Waals surface area contributed by atoms with Gasteiger partial charge in [0.25, 0.3) is 0 Å². The number of alkyl halides is 2. The van der Waals surface area contributed by atoms with E-state index in [0.717, 1.165) is 0 Å². The zero-order valence-corrected chi connectivity index (χ0v) is 7.95. The van der Waals surface area contributed by atoms with Gasteiger partial charge in [0.15, 0.2) is 0 Å². The summed E-state index contributed by atoms with van der Waals surface area (Å²) in [6, 6.07) is 6.87. The van der Waals surface area contributed by atoms with Crippen LogP contribution in [0.4, 0.5) is 8.78 Å². The Kier molecular flexibility index (Phi) is 3.74. The Morgan fingerprint density at radius 1 is 1.33 bits per heavy atom. The van der Waals surface area contributed by atoms with E-state index in [0.29, 0.717) is 0 Å². The quantitative estimate of drug-likeness (QED) is 0.776. The van der Waals surface area contributed by atoms with Gasteiger partial charge in [-0.1, -0.05) is 18.2 Å². The number of benzene rings is 1. The van der Waals surface area contributed by atoms with Crippen LogP contribution in [0.1, 0.15) is 12.0 Å². The van der Waals surface area contributed by atoms with Crippen LogP contribution in [0.15, 0.2) is 30.3 Å². The zero-order chi connectivity index (χ0) is 11.3. The third kappa shape index (κ3) is 3.28. The third-order valence-electron chi connectivity index (χ3n) is 1.70. The normalized spacial score (nSPS) is 11.1. The maximum atomic E-state index is 13.2. The lowest BCUT2D eigenvalue weighted by Crippen LogP contribution is -2.24. The standard InChI is InChI=1S/C10H11F2NO2/c11-10(12,15-9(14)6-7-13)8-4-2-1-3-5-8/h1-5H,6-7,13H2. The van der Waals surface area contributed by atoms with Crippen molar-refractivity contribution in [2.45, 2.75) is 12.5 Å². The van der Waals surface area contributed by atoms with Crippen LogP contribution < -0.4 is 5.73 Å². The second kappa shape index (κ2) is 4.84. The molecule has 0 amide bonds. The van der Waals surface area contributed by atoms with E-state index in [2.05, 4.69) is 4.74 Å². The van der Waals surface area contributed by atoms with Crippen LogP contribution in [0.5, 0.6) is 0 Å². The van der Waals surface area contributed by atoms with Crippen LogP contribution in [0.3, 0.4) is 0 Å². The first-order chi connectivity index (χ1) is 7.06. The first kappa shape index (κ1) is 11.6. The highest BCUT2D eigenvalue weighted by Crippen LogP contribution is 2.29. The van der Waals surface area contributed by atoms with Gasteiger partial charge in [-0.05, 0) is 12.1 Å². The molecule has 0 heterocycles. The van der Waals surface area contributed by atoms with Crippen LogP contribution >= 0.6 is 0 Å². The number of carbonyl (C=O) groups is 1. The lowest BCUT2D eigenvalue weighted by Gasteiger charge is -2.16. The van der Waals surface area contributed by atoms with Gasteiger partial charge in [-0.15, -0.1) is 0 Å². The van der Waals surface area contributed by atoms with Gasteiger partial charge in [0.05, 0.1) is 12.0 Å². The summed E-state index contributed by atoms with van der Waals surface area (Å²) in [6.07, 6.45) is -3.81. The first-order valence-corrected chi connectivity index (χ1v) is 4.41. The summed E-state index contributed by atoms with van der Waals surface area (Å²) in [5.41, 5.74) is 4.69. The molecule has 0 aliphatic heterocycles. The van der Waals surface area contributed by atoms with Crippen molar-refractivity contribution in [2.75, 3.05) is 6.54 Å². The van der Waals surface area contributed by atoms with Gasteiger partial charge in [0, 0.05) is 6.54 Å². The smallest absolute Gasteiger partial charge is 0.397 e. The Bertz CT molecular complexity index is 327. The predicted molar refractivity (Wildman–Crippen MR) is 50.1 cm³/mol. The molecule has 3 nitrogen and oxygen atoms in total. The van der Waals surface area contributed by atoms with E-state index in [9.17, 15) is 13.6 Å². The van der Waals surface area contributed by atoms with Crippen LogP contribution in [0.25, 0.3) is 0 Å². The molecule has 0 aromatic heterocycles. The molecule has 1 rings (SSSR count). The fraction of sp³-hybridized carbons (Fsp3) is 0.300. The number of ether oxygens (including phenoxy) is 1. The van der Waals surface area contributed by atoms with E-state index in [1.165, 1.54) is 24.3 Å². The number of esters is 1. The van der Waals surface area contributed by atoms with Gasteiger partial charge in [-0.2, -0.15) is 8.78 Å². The van der Waals surface area contributed by atoms with Crippen LogP contribution in [-0.4, -0.2) is 12.5 Å². The van der Waals surface area contributed by atoms with Crippen molar-refractivity contribution in [3.63, 3.8) is 0 Å². The maximum Gasteiger partial charge on any atom is 0.428 e. The Morgan fingerprint density at radius 2 is 1.93 bits per heavy atom. The van der Waals surface area contributed by atoms with Crippen molar-refractivity contribution in [3.8, 4) is 0 Å². The molecule has 0 aliphatic rings. The lowest BCUT2D eigenvalue weighted by molar-refractivity contribution is -0.240. The maximum absolute atomic E-state index is 13.2. The van der Waals surface area contributed by atoms with Crippen molar-refractivity contribution in [1.29, 1.82) is 0 Å². The predicted octanol–water partition coefficient (Wildman–Crippen LogP) is 1.63. The number of hydrogen-bond donors (Lipinski definition) is 1. The van der Waals surface area contributed by atoms with Gasteiger partial charge in [-0.3, -0.25) is 4.79 Å².